The van der Waals surface area contributed by atoms with E-state index in [2.05, 4.69) is 0 Å². The predicted octanol–water partition coefficient (Wildman–Crippen LogP) is -2.71. The van der Waals surface area contributed by atoms with Gasteiger partial charge in [-0.15, -0.1) is 0 Å². The highest BCUT2D eigenvalue weighted by molar-refractivity contribution is 5.04. The van der Waals surface area contributed by atoms with Gasteiger partial charge in [0.2, 0.25) is 0 Å². The zero-order valence-corrected chi connectivity index (χ0v) is 19.4. The molecule has 2 heterocycles. The number of allylic oxidation sites excluding steroid dienone is 2. The first kappa shape index (κ1) is 29.2. The average molecular weight is 495 g/mol. The van der Waals surface area contributed by atoms with Crippen molar-refractivity contribution in [3.8, 4) is 0 Å². The lowest BCUT2D eigenvalue weighted by Gasteiger charge is -2.39. The number of hydrogen-bond acceptors (Lipinski definition) is 12. The molecule has 0 aromatic carbocycles. The minimum atomic E-state index is -1.49. The molecule has 0 radical (unpaired) electrons. The fourth-order valence-corrected chi connectivity index (χ4v) is 3.62. The molecular formula is C22H38O12. The first-order chi connectivity index (χ1) is 16.1. The average Bonchev–Trinajstić information content (AvgIpc) is 2.82. The number of hydrogen-bond donors (Lipinski definition) is 8. The lowest BCUT2D eigenvalue weighted by Crippen LogP contribution is -2.59. The van der Waals surface area contributed by atoms with Gasteiger partial charge in [-0.25, -0.2) is 0 Å². The highest BCUT2D eigenvalue weighted by atomic mass is 16.7. The Bertz CT molecular complexity index is 666. The molecule has 0 spiro atoms. The molecule has 0 aromatic heterocycles. The van der Waals surface area contributed by atoms with Gasteiger partial charge in [-0.05, 0) is 26.7 Å². The maximum Gasteiger partial charge on any atom is 0.187 e. The van der Waals surface area contributed by atoms with Gasteiger partial charge >= 0.3 is 0 Å². The summed E-state index contributed by atoms with van der Waals surface area (Å²) in [5.41, 5.74) is 1.84. The summed E-state index contributed by atoms with van der Waals surface area (Å²) in [6.07, 6.45) is -8.05. The van der Waals surface area contributed by atoms with Crippen molar-refractivity contribution in [3.05, 3.63) is 23.3 Å². The second-order valence-electron chi connectivity index (χ2n) is 8.68. The van der Waals surface area contributed by atoms with Gasteiger partial charge in [0.1, 0.15) is 48.8 Å². The van der Waals surface area contributed by atoms with Gasteiger partial charge in [0, 0.05) is 0 Å². The van der Waals surface area contributed by atoms with Gasteiger partial charge in [0.25, 0.3) is 0 Å². The van der Waals surface area contributed by atoms with Crippen LogP contribution in [0, 0.1) is 0 Å². The van der Waals surface area contributed by atoms with Crippen LogP contribution in [0.15, 0.2) is 23.3 Å². The number of aliphatic hydroxyl groups excluding tert-OH is 8. The highest BCUT2D eigenvalue weighted by Gasteiger charge is 2.44. The quantitative estimate of drug-likeness (QED) is 0.138. The summed E-state index contributed by atoms with van der Waals surface area (Å²) >= 11 is 0. The zero-order chi connectivity index (χ0) is 25.4. The fraction of sp³-hybridized carbons (Fsp3) is 0.818. The summed E-state index contributed by atoms with van der Waals surface area (Å²) in [4.78, 5) is 0. The molecule has 12 nitrogen and oxygen atoms in total. The number of ether oxygens (including phenoxy) is 4. The van der Waals surface area contributed by atoms with Crippen molar-refractivity contribution in [1.82, 2.24) is 0 Å². The molecule has 198 valence electrons. The minimum Gasteiger partial charge on any atom is -0.394 e. The van der Waals surface area contributed by atoms with Crippen LogP contribution in [0.3, 0.4) is 0 Å². The smallest absolute Gasteiger partial charge is 0.187 e. The van der Waals surface area contributed by atoms with E-state index in [0.717, 1.165) is 11.1 Å². The second kappa shape index (κ2) is 13.9. The zero-order valence-electron chi connectivity index (χ0n) is 19.4. The molecule has 8 N–H and O–H groups in total. The van der Waals surface area contributed by atoms with Crippen molar-refractivity contribution in [3.63, 3.8) is 0 Å². The van der Waals surface area contributed by atoms with Crippen LogP contribution in [0.4, 0.5) is 0 Å². The van der Waals surface area contributed by atoms with Crippen molar-refractivity contribution >= 4 is 0 Å². The van der Waals surface area contributed by atoms with E-state index in [1.54, 1.807) is 6.08 Å². The van der Waals surface area contributed by atoms with E-state index < -0.39 is 74.6 Å². The summed E-state index contributed by atoms with van der Waals surface area (Å²) in [5, 5.41) is 77.5. The van der Waals surface area contributed by atoms with Crippen LogP contribution in [0.25, 0.3) is 0 Å². The Morgan fingerprint density at radius 3 is 1.68 bits per heavy atom. The Labute approximate surface area is 198 Å². The van der Waals surface area contributed by atoms with E-state index in [-0.39, 0.29) is 13.2 Å². The summed E-state index contributed by atoms with van der Waals surface area (Å²) in [5.74, 6) is 0. The lowest BCUT2D eigenvalue weighted by atomic mass is 9.99. The molecule has 0 aliphatic carbocycles. The Balaban J connectivity index is 1.73. The van der Waals surface area contributed by atoms with Crippen LogP contribution < -0.4 is 0 Å². The van der Waals surface area contributed by atoms with Crippen molar-refractivity contribution in [2.24, 2.45) is 0 Å². The van der Waals surface area contributed by atoms with Crippen LogP contribution in [0.2, 0.25) is 0 Å². The van der Waals surface area contributed by atoms with Gasteiger partial charge in [-0.1, -0.05) is 23.3 Å². The maximum atomic E-state index is 9.99. The first-order valence-corrected chi connectivity index (χ1v) is 11.3. The second-order valence-corrected chi connectivity index (χ2v) is 8.68. The molecule has 0 amide bonds. The molecule has 0 aromatic rings. The number of aliphatic hydroxyl groups is 8. The van der Waals surface area contributed by atoms with E-state index in [4.69, 9.17) is 18.9 Å². The Hall–Kier alpha value is -1.00. The number of rotatable bonds is 11. The van der Waals surface area contributed by atoms with Crippen LogP contribution >= 0.6 is 0 Å². The minimum absolute atomic E-state index is 0.0947. The Morgan fingerprint density at radius 1 is 0.676 bits per heavy atom. The predicted molar refractivity (Wildman–Crippen MR) is 116 cm³/mol. The largest absolute Gasteiger partial charge is 0.394 e. The molecule has 34 heavy (non-hydrogen) atoms. The monoisotopic (exact) mass is 494 g/mol. The van der Waals surface area contributed by atoms with Crippen LogP contribution in [0.1, 0.15) is 26.7 Å². The van der Waals surface area contributed by atoms with Gasteiger partial charge in [-0.2, -0.15) is 0 Å². The van der Waals surface area contributed by atoms with Gasteiger partial charge in [0.15, 0.2) is 12.6 Å². The molecule has 2 aliphatic rings. The first-order valence-electron chi connectivity index (χ1n) is 11.3. The Kier molecular flexibility index (Phi) is 12.0. The molecule has 12 heteroatoms. The molecular weight excluding hydrogens is 456 g/mol. The summed E-state index contributed by atoms with van der Waals surface area (Å²) in [6, 6.07) is 0. The summed E-state index contributed by atoms with van der Waals surface area (Å²) in [6.45, 7) is 2.88. The van der Waals surface area contributed by atoms with Crippen molar-refractivity contribution in [2.75, 3.05) is 26.4 Å². The van der Waals surface area contributed by atoms with E-state index in [1.807, 2.05) is 19.9 Å². The van der Waals surface area contributed by atoms with Gasteiger partial charge in [-0.3, -0.25) is 0 Å². The molecule has 2 aliphatic heterocycles. The molecule has 2 fully saturated rings. The third kappa shape index (κ3) is 7.75. The SMILES string of the molecule is C/C(=C\CO[C@@H]1O[C@H](CO)[C@@H](O)[C@H](O)[C@H]1O)CC/C=C(\C)CO[C@@H]1O[C@H](CO)[C@@H](O)[C@H](O)[C@H]1O. The highest BCUT2D eigenvalue weighted by Crippen LogP contribution is 2.23. The molecule has 2 rings (SSSR count). The third-order valence-corrected chi connectivity index (χ3v) is 5.90. The van der Waals surface area contributed by atoms with Crippen molar-refractivity contribution < 1.29 is 59.8 Å². The molecule has 10 atom stereocenters. The van der Waals surface area contributed by atoms with E-state index >= 15 is 0 Å². The van der Waals surface area contributed by atoms with Crippen LogP contribution in [-0.2, 0) is 18.9 Å². The molecule has 0 saturated carbocycles. The van der Waals surface area contributed by atoms with Crippen LogP contribution in [0.5, 0.6) is 0 Å². The van der Waals surface area contributed by atoms with E-state index in [9.17, 15) is 40.9 Å². The molecule has 2 saturated heterocycles. The van der Waals surface area contributed by atoms with E-state index in [0.29, 0.717) is 12.8 Å². The topological polar surface area (TPSA) is 199 Å². The molecule has 0 bridgehead atoms. The Morgan fingerprint density at radius 2 is 1.18 bits per heavy atom. The lowest BCUT2D eigenvalue weighted by molar-refractivity contribution is -0.299. The van der Waals surface area contributed by atoms with E-state index in [1.165, 1.54) is 0 Å². The van der Waals surface area contributed by atoms with Crippen molar-refractivity contribution in [1.29, 1.82) is 0 Å². The molecule has 0 unspecified atom stereocenters. The fourth-order valence-electron chi connectivity index (χ4n) is 3.62. The normalized spacial score (nSPS) is 39.9. The van der Waals surface area contributed by atoms with Gasteiger partial charge in [0.05, 0.1) is 26.4 Å². The maximum absolute atomic E-state index is 9.99. The van der Waals surface area contributed by atoms with Crippen molar-refractivity contribution in [2.45, 2.75) is 88.1 Å². The van der Waals surface area contributed by atoms with Crippen LogP contribution in [-0.4, -0.2) is 129 Å². The van der Waals surface area contributed by atoms with Gasteiger partial charge < -0.3 is 59.8 Å². The third-order valence-electron chi connectivity index (χ3n) is 5.90. The standard InChI is InChI=1S/C22H38O12/c1-11(6-7-31-21-19(29)17(27)15(25)13(8-23)33-21)4-3-5-12(2)10-32-22-20(30)18(28)16(26)14(9-24)34-22/h5-6,13-30H,3-4,7-10H2,1-2H3/b11-6+,12-5+/t13-,14-,15-,16-,17+,18+,19-,20-,21-,22-/m1/s1. The summed E-state index contributed by atoms with van der Waals surface area (Å²) < 4.78 is 21.5. The summed E-state index contributed by atoms with van der Waals surface area (Å²) in [7, 11) is 0.